The summed E-state index contributed by atoms with van der Waals surface area (Å²) in [7, 11) is -3.72. The average Bonchev–Trinajstić information content (AvgIpc) is 3.29. The van der Waals surface area contributed by atoms with Gasteiger partial charge in [0, 0.05) is 12.6 Å². The Balaban J connectivity index is 1.88. The lowest BCUT2D eigenvalue weighted by Gasteiger charge is -2.32. The van der Waals surface area contributed by atoms with Crippen LogP contribution in [0, 0.1) is 13.8 Å². The zero-order chi connectivity index (χ0) is 24.9. The molecule has 0 aromatic heterocycles. The van der Waals surface area contributed by atoms with E-state index in [1.807, 2.05) is 38.1 Å². The topological polar surface area (TPSA) is 86.8 Å². The molecule has 0 heterocycles. The zero-order valence-corrected chi connectivity index (χ0v) is 21.3. The Hall–Kier alpha value is -2.87. The minimum absolute atomic E-state index is 0.130. The number of amides is 2. The summed E-state index contributed by atoms with van der Waals surface area (Å²) in [6, 6.07) is 14.1. The van der Waals surface area contributed by atoms with Crippen LogP contribution in [0.3, 0.4) is 0 Å². The van der Waals surface area contributed by atoms with E-state index in [-0.39, 0.29) is 25.0 Å². The summed E-state index contributed by atoms with van der Waals surface area (Å²) in [5, 5.41) is 3.07. The van der Waals surface area contributed by atoms with Gasteiger partial charge in [0.1, 0.15) is 12.6 Å². The molecule has 1 saturated carbocycles. The molecule has 0 aliphatic heterocycles. The summed E-state index contributed by atoms with van der Waals surface area (Å²) in [6.45, 7) is 5.41. The lowest BCUT2D eigenvalue weighted by Crippen LogP contribution is -2.52. The van der Waals surface area contributed by atoms with Crippen molar-refractivity contribution < 1.29 is 18.0 Å². The van der Waals surface area contributed by atoms with Gasteiger partial charge in [-0.25, -0.2) is 8.42 Å². The predicted octanol–water partition coefficient (Wildman–Crippen LogP) is 3.55. The minimum Gasteiger partial charge on any atom is -0.352 e. The molecule has 0 unspecified atom stereocenters. The summed E-state index contributed by atoms with van der Waals surface area (Å²) >= 11 is 0. The van der Waals surface area contributed by atoms with Crippen molar-refractivity contribution in [2.24, 2.45) is 0 Å². The van der Waals surface area contributed by atoms with Crippen molar-refractivity contribution in [2.45, 2.75) is 65.1 Å². The Morgan fingerprint density at radius 1 is 1.03 bits per heavy atom. The molecule has 0 saturated heterocycles. The maximum atomic E-state index is 13.6. The second-order valence-corrected chi connectivity index (χ2v) is 11.1. The first-order valence-electron chi connectivity index (χ1n) is 11.7. The number of nitrogens with zero attached hydrogens (tertiary/aromatic N) is 2. The summed E-state index contributed by atoms with van der Waals surface area (Å²) < 4.78 is 26.3. The molecule has 2 amide bonds. The Bertz CT molecular complexity index is 1110. The normalized spacial score (nSPS) is 15.1. The molecule has 0 spiro atoms. The van der Waals surface area contributed by atoms with Crippen LogP contribution in [-0.4, -0.2) is 50.0 Å². The number of hydrogen-bond donors (Lipinski definition) is 1. The van der Waals surface area contributed by atoms with Crippen LogP contribution in [-0.2, 0) is 26.2 Å². The zero-order valence-electron chi connectivity index (χ0n) is 20.5. The van der Waals surface area contributed by atoms with Gasteiger partial charge >= 0.3 is 0 Å². The largest absolute Gasteiger partial charge is 0.352 e. The second-order valence-electron chi connectivity index (χ2n) is 9.22. The van der Waals surface area contributed by atoms with Crippen molar-refractivity contribution in [1.29, 1.82) is 0 Å². The van der Waals surface area contributed by atoms with Crippen LogP contribution in [0.2, 0.25) is 0 Å². The molecule has 0 bridgehead atoms. The van der Waals surface area contributed by atoms with E-state index in [1.165, 1.54) is 4.90 Å². The SMILES string of the molecule is Cc1ccc(N(CC(=O)N(Cc2ccccc2C)[C@@H](C)C(=O)NC2CCCC2)S(C)(=O)=O)cc1. The van der Waals surface area contributed by atoms with E-state index in [1.54, 1.807) is 31.2 Å². The molecule has 34 heavy (non-hydrogen) atoms. The number of anilines is 1. The molecule has 3 rings (SSSR count). The third-order valence-corrected chi connectivity index (χ3v) is 7.61. The molecular formula is C26H35N3O4S. The number of carbonyl (C=O) groups is 2. The first-order chi connectivity index (χ1) is 16.1. The fraction of sp³-hybridized carbons (Fsp3) is 0.462. The number of carbonyl (C=O) groups excluding carboxylic acids is 2. The first kappa shape index (κ1) is 25.7. The van der Waals surface area contributed by atoms with Crippen molar-refractivity contribution in [3.05, 3.63) is 65.2 Å². The van der Waals surface area contributed by atoms with E-state index in [4.69, 9.17) is 0 Å². The van der Waals surface area contributed by atoms with Gasteiger partial charge in [0.05, 0.1) is 11.9 Å². The fourth-order valence-electron chi connectivity index (χ4n) is 4.27. The van der Waals surface area contributed by atoms with Gasteiger partial charge in [0.2, 0.25) is 21.8 Å². The van der Waals surface area contributed by atoms with Gasteiger partial charge in [-0.05, 0) is 56.9 Å². The molecule has 8 heteroatoms. The highest BCUT2D eigenvalue weighted by atomic mass is 32.2. The van der Waals surface area contributed by atoms with Crippen molar-refractivity contribution in [2.75, 3.05) is 17.1 Å². The van der Waals surface area contributed by atoms with Crippen LogP contribution in [0.25, 0.3) is 0 Å². The highest BCUT2D eigenvalue weighted by Gasteiger charge is 2.31. The number of hydrogen-bond acceptors (Lipinski definition) is 4. The minimum atomic E-state index is -3.72. The summed E-state index contributed by atoms with van der Waals surface area (Å²) in [5.74, 6) is -0.640. The molecule has 1 atom stereocenters. The Kier molecular flexibility index (Phi) is 8.36. The maximum Gasteiger partial charge on any atom is 0.244 e. The van der Waals surface area contributed by atoms with Gasteiger partial charge in [-0.2, -0.15) is 0 Å². The van der Waals surface area contributed by atoms with Crippen LogP contribution in [0.15, 0.2) is 48.5 Å². The molecule has 1 fully saturated rings. The Morgan fingerprint density at radius 3 is 2.24 bits per heavy atom. The highest BCUT2D eigenvalue weighted by molar-refractivity contribution is 7.92. The molecule has 1 aliphatic rings. The van der Waals surface area contributed by atoms with Gasteiger partial charge in [0.25, 0.3) is 0 Å². The monoisotopic (exact) mass is 485 g/mol. The molecule has 2 aromatic rings. The highest BCUT2D eigenvalue weighted by Crippen LogP contribution is 2.21. The first-order valence-corrected chi connectivity index (χ1v) is 13.6. The van der Waals surface area contributed by atoms with E-state index in [0.29, 0.717) is 5.69 Å². The van der Waals surface area contributed by atoms with E-state index in [2.05, 4.69) is 5.32 Å². The average molecular weight is 486 g/mol. The van der Waals surface area contributed by atoms with E-state index < -0.39 is 22.0 Å². The predicted molar refractivity (Wildman–Crippen MR) is 135 cm³/mol. The fourth-order valence-corrected chi connectivity index (χ4v) is 5.12. The quantitative estimate of drug-likeness (QED) is 0.589. The van der Waals surface area contributed by atoms with Gasteiger partial charge in [-0.1, -0.05) is 54.8 Å². The van der Waals surface area contributed by atoms with Gasteiger partial charge in [-0.3, -0.25) is 13.9 Å². The van der Waals surface area contributed by atoms with Crippen molar-refractivity contribution >= 4 is 27.5 Å². The van der Waals surface area contributed by atoms with Gasteiger partial charge < -0.3 is 10.2 Å². The standard InChI is InChI=1S/C26H35N3O4S/c1-19-13-15-24(16-14-19)29(34(4,32)33)18-25(30)28(17-22-10-6-5-9-20(22)2)21(3)26(31)27-23-11-7-8-12-23/h5-6,9-10,13-16,21,23H,7-8,11-12,17-18H2,1-4H3,(H,27,31)/t21-/m0/s1. The lowest BCUT2D eigenvalue weighted by molar-refractivity contribution is -0.139. The number of benzene rings is 2. The number of aryl methyl sites for hydroxylation is 2. The maximum absolute atomic E-state index is 13.6. The molecule has 7 nitrogen and oxygen atoms in total. The molecule has 2 aromatic carbocycles. The van der Waals surface area contributed by atoms with E-state index in [9.17, 15) is 18.0 Å². The number of sulfonamides is 1. The van der Waals surface area contributed by atoms with Gasteiger partial charge in [-0.15, -0.1) is 0 Å². The summed E-state index contributed by atoms with van der Waals surface area (Å²) in [5.41, 5.74) is 3.32. The molecule has 1 aliphatic carbocycles. The van der Waals surface area contributed by atoms with Crippen molar-refractivity contribution in [1.82, 2.24) is 10.2 Å². The number of nitrogens with one attached hydrogen (secondary N) is 1. The van der Waals surface area contributed by atoms with Crippen LogP contribution < -0.4 is 9.62 Å². The van der Waals surface area contributed by atoms with Crippen LogP contribution in [0.4, 0.5) is 5.69 Å². The van der Waals surface area contributed by atoms with Crippen molar-refractivity contribution in [3.8, 4) is 0 Å². The summed E-state index contributed by atoms with van der Waals surface area (Å²) in [6.07, 6.45) is 5.15. The Morgan fingerprint density at radius 2 is 1.65 bits per heavy atom. The molecule has 184 valence electrons. The van der Waals surface area contributed by atoms with Crippen LogP contribution in [0.5, 0.6) is 0 Å². The van der Waals surface area contributed by atoms with Crippen molar-refractivity contribution in [3.63, 3.8) is 0 Å². The Labute approximate surface area is 203 Å². The molecule has 0 radical (unpaired) electrons. The lowest BCUT2D eigenvalue weighted by atomic mass is 10.1. The van der Waals surface area contributed by atoms with E-state index >= 15 is 0 Å². The molecular weight excluding hydrogens is 450 g/mol. The van der Waals surface area contributed by atoms with Crippen LogP contribution in [0.1, 0.15) is 49.3 Å². The smallest absolute Gasteiger partial charge is 0.244 e. The van der Waals surface area contributed by atoms with E-state index in [0.717, 1.165) is 52.9 Å². The third-order valence-electron chi connectivity index (χ3n) is 6.47. The van der Waals surface area contributed by atoms with Crippen LogP contribution >= 0.6 is 0 Å². The molecule has 1 N–H and O–H groups in total. The summed E-state index contributed by atoms with van der Waals surface area (Å²) in [4.78, 5) is 28.1. The second kappa shape index (κ2) is 11.0. The number of rotatable bonds is 9. The third kappa shape index (κ3) is 6.59. The van der Waals surface area contributed by atoms with Gasteiger partial charge in [0.15, 0.2) is 0 Å².